The quantitative estimate of drug-likeness (QED) is 0.683. The van der Waals surface area contributed by atoms with Crippen LogP contribution in [0.4, 0.5) is 0 Å². The number of esters is 1. The number of carbonyl (C=O) groups is 1. The Hall–Kier alpha value is -0.650. The number of nitrogens with two attached hydrogens (primary N) is 1. The highest BCUT2D eigenvalue weighted by atomic mass is 16.5. The maximum atomic E-state index is 11.9. The van der Waals surface area contributed by atoms with Crippen molar-refractivity contribution in [3.63, 3.8) is 0 Å². The molecule has 0 heterocycles. The minimum absolute atomic E-state index is 0.225. The zero-order valence-corrected chi connectivity index (χ0v) is 13.4. The summed E-state index contributed by atoms with van der Waals surface area (Å²) in [5, 5.41) is 0. The molecule has 2 atom stereocenters. The lowest BCUT2D eigenvalue weighted by molar-refractivity contribution is -0.148. The molecule has 1 aliphatic carbocycles. The average molecular weight is 286 g/mol. The number of hydrogen-bond donors (Lipinski definition) is 1. The highest BCUT2D eigenvalue weighted by molar-refractivity contribution is 5.81. The maximum Gasteiger partial charge on any atom is 0.326 e. The van der Waals surface area contributed by atoms with Crippen LogP contribution in [0.25, 0.3) is 0 Å². The lowest BCUT2D eigenvalue weighted by Crippen LogP contribution is -2.52. The fourth-order valence-electron chi connectivity index (χ4n) is 2.90. The minimum atomic E-state index is -0.774. The lowest BCUT2D eigenvalue weighted by atomic mass is 9.85. The monoisotopic (exact) mass is 286 g/mol. The summed E-state index contributed by atoms with van der Waals surface area (Å²) in [6, 6.07) is 0. The summed E-state index contributed by atoms with van der Waals surface area (Å²) in [6.07, 6.45) is 3.97. The molecule has 0 aliphatic heterocycles. The summed E-state index contributed by atoms with van der Waals surface area (Å²) in [5.74, 6) is -0.0331. The van der Waals surface area contributed by atoms with Crippen LogP contribution in [0, 0.1) is 5.92 Å². The van der Waals surface area contributed by atoms with Crippen molar-refractivity contribution in [3.05, 3.63) is 0 Å². The van der Waals surface area contributed by atoms with Gasteiger partial charge in [0, 0.05) is 6.54 Å². The van der Waals surface area contributed by atoms with Gasteiger partial charge in [-0.2, -0.15) is 0 Å². The molecule has 0 spiro atoms. The van der Waals surface area contributed by atoms with E-state index in [9.17, 15) is 4.79 Å². The van der Waals surface area contributed by atoms with Crippen LogP contribution in [0.5, 0.6) is 0 Å². The van der Waals surface area contributed by atoms with Gasteiger partial charge in [0.15, 0.2) is 0 Å². The summed E-state index contributed by atoms with van der Waals surface area (Å²) in [4.78, 5) is 14.1. The van der Waals surface area contributed by atoms with E-state index < -0.39 is 5.54 Å². The molecule has 0 saturated heterocycles. The smallest absolute Gasteiger partial charge is 0.326 e. The van der Waals surface area contributed by atoms with E-state index in [0.717, 1.165) is 45.4 Å². The number of ether oxygens (including phenoxy) is 2. The number of methoxy groups -OCH3 is 1. The van der Waals surface area contributed by atoms with Crippen molar-refractivity contribution < 1.29 is 14.3 Å². The summed E-state index contributed by atoms with van der Waals surface area (Å²) in [7, 11) is 3.50. The highest BCUT2D eigenvalue weighted by Gasteiger charge is 2.46. The van der Waals surface area contributed by atoms with Gasteiger partial charge in [0.25, 0.3) is 0 Å². The topological polar surface area (TPSA) is 64.8 Å². The second-order valence-electron chi connectivity index (χ2n) is 6.13. The molecule has 118 valence electrons. The minimum Gasteiger partial charge on any atom is -0.468 e. The molecule has 0 radical (unpaired) electrons. The van der Waals surface area contributed by atoms with Gasteiger partial charge in [-0.05, 0) is 52.6 Å². The molecular formula is C15H30N2O3. The van der Waals surface area contributed by atoms with Crippen LogP contribution in [0.3, 0.4) is 0 Å². The Bertz CT molecular complexity index is 309. The van der Waals surface area contributed by atoms with E-state index in [-0.39, 0.29) is 18.0 Å². The fourth-order valence-corrected chi connectivity index (χ4v) is 2.90. The van der Waals surface area contributed by atoms with Crippen molar-refractivity contribution in [2.45, 2.75) is 51.2 Å². The Kier molecular flexibility index (Phi) is 6.92. The van der Waals surface area contributed by atoms with Gasteiger partial charge in [-0.1, -0.05) is 6.42 Å². The molecule has 0 bridgehead atoms. The number of carbonyl (C=O) groups excluding carboxylic acids is 1. The predicted molar refractivity (Wildman–Crippen MR) is 79.5 cm³/mol. The van der Waals surface area contributed by atoms with Gasteiger partial charge in [-0.3, -0.25) is 4.79 Å². The summed E-state index contributed by atoms with van der Waals surface area (Å²) < 4.78 is 10.4. The molecule has 5 nitrogen and oxygen atoms in total. The van der Waals surface area contributed by atoms with E-state index in [1.54, 1.807) is 0 Å². The molecule has 0 aromatic rings. The van der Waals surface area contributed by atoms with Crippen molar-refractivity contribution in [1.82, 2.24) is 4.90 Å². The predicted octanol–water partition coefficient (Wildman–Crippen LogP) is 1.40. The molecule has 5 heteroatoms. The molecule has 1 fully saturated rings. The Morgan fingerprint density at radius 3 is 2.75 bits per heavy atom. The molecule has 2 unspecified atom stereocenters. The van der Waals surface area contributed by atoms with E-state index in [1.807, 2.05) is 13.8 Å². The van der Waals surface area contributed by atoms with E-state index in [4.69, 9.17) is 15.2 Å². The summed E-state index contributed by atoms with van der Waals surface area (Å²) in [6.45, 7) is 6.65. The molecule has 1 rings (SSSR count). The van der Waals surface area contributed by atoms with Crippen LogP contribution in [0.1, 0.15) is 39.5 Å². The second-order valence-corrected chi connectivity index (χ2v) is 6.13. The number of rotatable bonds is 8. The van der Waals surface area contributed by atoms with E-state index in [2.05, 4.69) is 11.9 Å². The van der Waals surface area contributed by atoms with Crippen molar-refractivity contribution >= 4 is 5.97 Å². The van der Waals surface area contributed by atoms with Crippen LogP contribution in [0.2, 0.25) is 0 Å². The Morgan fingerprint density at radius 1 is 1.45 bits per heavy atom. The third-order valence-electron chi connectivity index (χ3n) is 4.22. The number of nitrogens with zero attached hydrogens (tertiary/aromatic N) is 1. The van der Waals surface area contributed by atoms with Crippen molar-refractivity contribution in [3.8, 4) is 0 Å². The van der Waals surface area contributed by atoms with Gasteiger partial charge >= 0.3 is 5.97 Å². The zero-order chi connectivity index (χ0) is 15.2. The fraction of sp³-hybridized carbons (Fsp3) is 0.933. The molecule has 0 aromatic heterocycles. The largest absolute Gasteiger partial charge is 0.468 e. The molecule has 2 N–H and O–H groups in total. The van der Waals surface area contributed by atoms with E-state index >= 15 is 0 Å². The second kappa shape index (κ2) is 7.96. The first-order valence-electron chi connectivity index (χ1n) is 7.57. The average Bonchev–Trinajstić information content (AvgIpc) is 2.77. The third kappa shape index (κ3) is 4.72. The van der Waals surface area contributed by atoms with Gasteiger partial charge < -0.3 is 20.1 Å². The third-order valence-corrected chi connectivity index (χ3v) is 4.22. The maximum absolute atomic E-state index is 11.9. The van der Waals surface area contributed by atoms with Gasteiger partial charge in [0.05, 0.1) is 19.8 Å². The standard InChI is InChI=1S/C15H30N2O3/c1-12(2)20-11-10-17(3)9-7-13-6-5-8-15(13,16)14(18)19-4/h12-13H,5-11,16H2,1-4H3. The first-order valence-corrected chi connectivity index (χ1v) is 7.57. The summed E-state index contributed by atoms with van der Waals surface area (Å²) >= 11 is 0. The first kappa shape index (κ1) is 17.4. The molecular weight excluding hydrogens is 256 g/mol. The zero-order valence-electron chi connectivity index (χ0n) is 13.4. The van der Waals surface area contributed by atoms with Crippen LogP contribution >= 0.6 is 0 Å². The summed E-state index contributed by atoms with van der Waals surface area (Å²) in [5.41, 5.74) is 5.49. The van der Waals surface area contributed by atoms with Crippen LogP contribution in [-0.4, -0.2) is 56.4 Å². The van der Waals surface area contributed by atoms with Crippen LogP contribution in [-0.2, 0) is 14.3 Å². The van der Waals surface area contributed by atoms with Crippen LogP contribution in [0.15, 0.2) is 0 Å². The molecule has 0 aromatic carbocycles. The van der Waals surface area contributed by atoms with Crippen molar-refractivity contribution in [1.29, 1.82) is 0 Å². The number of hydrogen-bond acceptors (Lipinski definition) is 5. The SMILES string of the molecule is COC(=O)C1(N)CCCC1CCN(C)CCOC(C)C. The lowest BCUT2D eigenvalue weighted by Gasteiger charge is -2.29. The highest BCUT2D eigenvalue weighted by Crippen LogP contribution is 2.36. The van der Waals surface area contributed by atoms with Gasteiger partial charge in [0.2, 0.25) is 0 Å². The van der Waals surface area contributed by atoms with Gasteiger partial charge in [0.1, 0.15) is 5.54 Å². The molecule has 0 amide bonds. The number of likely N-dealkylation sites (N-methyl/N-ethyl adjacent to an activating group) is 1. The normalized spacial score (nSPS) is 26.4. The van der Waals surface area contributed by atoms with Crippen LogP contribution < -0.4 is 5.73 Å². The molecule has 1 saturated carbocycles. The van der Waals surface area contributed by atoms with E-state index in [1.165, 1.54) is 7.11 Å². The Labute approximate surface area is 122 Å². The van der Waals surface area contributed by atoms with E-state index in [0.29, 0.717) is 0 Å². The van der Waals surface area contributed by atoms with Crippen molar-refractivity contribution in [2.24, 2.45) is 11.7 Å². The molecule has 20 heavy (non-hydrogen) atoms. The molecule has 1 aliphatic rings. The Balaban J connectivity index is 2.34. The van der Waals surface area contributed by atoms with Crippen molar-refractivity contribution in [2.75, 3.05) is 33.9 Å². The first-order chi connectivity index (χ1) is 9.40. The Morgan fingerprint density at radius 2 is 2.15 bits per heavy atom. The van der Waals surface area contributed by atoms with Gasteiger partial charge in [-0.15, -0.1) is 0 Å². The van der Waals surface area contributed by atoms with Gasteiger partial charge in [-0.25, -0.2) is 0 Å².